The van der Waals surface area contributed by atoms with Gasteiger partial charge >= 0.3 is 0 Å². The maximum atomic E-state index is 10.1. The molecule has 1 fully saturated rings. The average Bonchev–Trinajstić information content (AvgIpc) is 2.58. The first-order chi connectivity index (χ1) is 7.97. The SMILES string of the molecule is CC1(C)[C@@H]2C=C(c3ccccc3)[C@@]1(C)C[C@H]2O. The number of aliphatic hydroxyl groups excluding tert-OH is 1. The molecule has 0 saturated heterocycles. The van der Waals surface area contributed by atoms with Crippen LogP contribution in [0.2, 0.25) is 0 Å². The molecule has 1 N–H and O–H groups in total. The number of hydrogen-bond acceptors (Lipinski definition) is 1. The van der Waals surface area contributed by atoms with E-state index in [1.165, 1.54) is 11.1 Å². The summed E-state index contributed by atoms with van der Waals surface area (Å²) < 4.78 is 0. The highest BCUT2D eigenvalue weighted by Crippen LogP contribution is 2.67. The fourth-order valence-electron chi connectivity index (χ4n) is 3.83. The van der Waals surface area contributed by atoms with Gasteiger partial charge in [0.1, 0.15) is 0 Å². The quantitative estimate of drug-likeness (QED) is 0.780. The summed E-state index contributed by atoms with van der Waals surface area (Å²) in [5.41, 5.74) is 3.02. The van der Waals surface area contributed by atoms with E-state index >= 15 is 0 Å². The molecule has 0 heterocycles. The van der Waals surface area contributed by atoms with Crippen molar-refractivity contribution in [2.45, 2.75) is 33.3 Å². The van der Waals surface area contributed by atoms with Crippen LogP contribution in [0, 0.1) is 16.7 Å². The van der Waals surface area contributed by atoms with Gasteiger partial charge in [0.15, 0.2) is 0 Å². The lowest BCUT2D eigenvalue weighted by atomic mass is 9.66. The zero-order valence-electron chi connectivity index (χ0n) is 10.8. The van der Waals surface area contributed by atoms with Crippen LogP contribution >= 0.6 is 0 Å². The lowest BCUT2D eigenvalue weighted by Crippen LogP contribution is -2.29. The molecule has 0 spiro atoms. The summed E-state index contributed by atoms with van der Waals surface area (Å²) in [6.07, 6.45) is 3.04. The lowest BCUT2D eigenvalue weighted by Gasteiger charge is -2.37. The van der Waals surface area contributed by atoms with E-state index in [9.17, 15) is 5.11 Å². The van der Waals surface area contributed by atoms with Gasteiger partial charge in [-0.3, -0.25) is 0 Å². The minimum absolute atomic E-state index is 0.110. The molecular formula is C16H20O. The zero-order chi connectivity index (χ0) is 12.3. The highest BCUT2D eigenvalue weighted by molar-refractivity contribution is 5.75. The molecule has 2 aliphatic carbocycles. The van der Waals surface area contributed by atoms with Crippen LogP contribution in [0.15, 0.2) is 36.4 Å². The fraction of sp³-hybridized carbons (Fsp3) is 0.500. The second kappa shape index (κ2) is 3.23. The molecule has 0 amide bonds. The molecule has 0 aromatic heterocycles. The average molecular weight is 228 g/mol. The van der Waals surface area contributed by atoms with Crippen LogP contribution in [-0.4, -0.2) is 11.2 Å². The van der Waals surface area contributed by atoms with E-state index in [1.807, 2.05) is 0 Å². The van der Waals surface area contributed by atoms with E-state index in [4.69, 9.17) is 0 Å². The fourth-order valence-corrected chi connectivity index (χ4v) is 3.83. The van der Waals surface area contributed by atoms with Crippen molar-refractivity contribution in [3.63, 3.8) is 0 Å². The van der Waals surface area contributed by atoms with Gasteiger partial charge in [0, 0.05) is 11.3 Å². The summed E-state index contributed by atoms with van der Waals surface area (Å²) in [4.78, 5) is 0. The van der Waals surface area contributed by atoms with Crippen molar-refractivity contribution in [3.8, 4) is 0 Å². The van der Waals surface area contributed by atoms with Gasteiger partial charge in [0.25, 0.3) is 0 Å². The Kier molecular flexibility index (Phi) is 2.10. The van der Waals surface area contributed by atoms with Gasteiger partial charge in [0.2, 0.25) is 0 Å². The minimum atomic E-state index is -0.164. The van der Waals surface area contributed by atoms with Crippen molar-refractivity contribution >= 4 is 5.57 Å². The standard InChI is InChI=1S/C16H20O/c1-15(2)13-9-12(11-7-5-4-6-8-11)16(15,3)10-14(13)17/h4-9,13-14,17H,10H2,1-3H3/t13-,14-,16-/m1/s1. The van der Waals surface area contributed by atoms with Crippen LogP contribution < -0.4 is 0 Å². The second-order valence-electron chi connectivity index (χ2n) is 6.30. The highest BCUT2D eigenvalue weighted by atomic mass is 16.3. The third kappa shape index (κ3) is 1.23. The molecule has 1 nitrogen and oxygen atoms in total. The van der Waals surface area contributed by atoms with Crippen LogP contribution in [0.5, 0.6) is 0 Å². The Morgan fingerprint density at radius 3 is 2.24 bits per heavy atom. The number of aliphatic hydroxyl groups is 1. The van der Waals surface area contributed by atoms with E-state index < -0.39 is 0 Å². The Bertz CT molecular complexity index is 472. The third-order valence-electron chi connectivity index (χ3n) is 5.31. The highest BCUT2D eigenvalue weighted by Gasteiger charge is 2.61. The summed E-state index contributed by atoms with van der Waals surface area (Å²) in [5.74, 6) is 0.308. The molecule has 3 atom stereocenters. The van der Waals surface area contributed by atoms with Crippen LogP contribution in [0.25, 0.3) is 5.57 Å². The van der Waals surface area contributed by atoms with Gasteiger partial charge in [-0.05, 0) is 23.0 Å². The zero-order valence-corrected chi connectivity index (χ0v) is 10.8. The molecule has 0 aliphatic heterocycles. The van der Waals surface area contributed by atoms with E-state index in [1.54, 1.807) is 0 Å². The monoisotopic (exact) mass is 228 g/mol. The van der Waals surface area contributed by atoms with Crippen molar-refractivity contribution in [3.05, 3.63) is 42.0 Å². The minimum Gasteiger partial charge on any atom is -0.392 e. The molecule has 1 aromatic rings. The van der Waals surface area contributed by atoms with E-state index in [2.05, 4.69) is 57.2 Å². The molecule has 3 rings (SSSR count). The smallest absolute Gasteiger partial charge is 0.0617 e. The molecule has 2 aliphatic rings. The van der Waals surface area contributed by atoms with Crippen molar-refractivity contribution in [2.24, 2.45) is 16.7 Å². The van der Waals surface area contributed by atoms with Gasteiger partial charge < -0.3 is 5.11 Å². The number of fused-ring (bicyclic) bond motifs is 2. The molecule has 0 unspecified atom stereocenters. The largest absolute Gasteiger partial charge is 0.392 e. The van der Waals surface area contributed by atoms with E-state index in [0.717, 1.165) is 6.42 Å². The van der Waals surface area contributed by atoms with Crippen molar-refractivity contribution < 1.29 is 5.11 Å². The van der Waals surface area contributed by atoms with Gasteiger partial charge in [-0.2, -0.15) is 0 Å². The maximum absolute atomic E-state index is 10.1. The Balaban J connectivity index is 2.11. The molecular weight excluding hydrogens is 208 g/mol. The Hall–Kier alpha value is -1.08. The number of benzene rings is 1. The van der Waals surface area contributed by atoms with Crippen molar-refractivity contribution in [1.82, 2.24) is 0 Å². The summed E-state index contributed by atoms with van der Waals surface area (Å²) in [7, 11) is 0. The Morgan fingerprint density at radius 1 is 1.12 bits per heavy atom. The van der Waals surface area contributed by atoms with Crippen LogP contribution in [0.4, 0.5) is 0 Å². The molecule has 1 aromatic carbocycles. The molecule has 0 radical (unpaired) electrons. The summed E-state index contributed by atoms with van der Waals surface area (Å²) in [5, 5.41) is 10.1. The normalized spacial score (nSPS) is 38.2. The van der Waals surface area contributed by atoms with Gasteiger partial charge in [-0.15, -0.1) is 0 Å². The predicted molar refractivity (Wildman–Crippen MR) is 70.4 cm³/mol. The number of rotatable bonds is 1. The van der Waals surface area contributed by atoms with Gasteiger partial charge in [-0.1, -0.05) is 57.2 Å². The lowest BCUT2D eigenvalue weighted by molar-refractivity contribution is 0.123. The number of hydrogen-bond donors (Lipinski definition) is 1. The Labute approximate surface area is 103 Å². The summed E-state index contributed by atoms with van der Waals surface area (Å²) in [6, 6.07) is 10.6. The summed E-state index contributed by atoms with van der Waals surface area (Å²) in [6.45, 7) is 6.89. The molecule has 1 saturated carbocycles. The van der Waals surface area contributed by atoms with E-state index in [0.29, 0.717) is 5.92 Å². The van der Waals surface area contributed by atoms with Crippen LogP contribution in [0.3, 0.4) is 0 Å². The van der Waals surface area contributed by atoms with Gasteiger partial charge in [-0.25, -0.2) is 0 Å². The maximum Gasteiger partial charge on any atom is 0.0617 e. The third-order valence-corrected chi connectivity index (χ3v) is 5.31. The first-order valence-corrected chi connectivity index (χ1v) is 6.42. The first-order valence-electron chi connectivity index (χ1n) is 6.42. The predicted octanol–water partition coefficient (Wildman–Crippen LogP) is 3.50. The van der Waals surface area contributed by atoms with Crippen molar-refractivity contribution in [1.29, 1.82) is 0 Å². The summed E-state index contributed by atoms with van der Waals surface area (Å²) >= 11 is 0. The second-order valence-corrected chi connectivity index (χ2v) is 6.30. The van der Waals surface area contributed by atoms with E-state index in [-0.39, 0.29) is 16.9 Å². The number of allylic oxidation sites excluding steroid dienone is 1. The van der Waals surface area contributed by atoms with Crippen LogP contribution in [-0.2, 0) is 0 Å². The van der Waals surface area contributed by atoms with Crippen LogP contribution in [0.1, 0.15) is 32.8 Å². The van der Waals surface area contributed by atoms with Gasteiger partial charge in [0.05, 0.1) is 6.10 Å². The molecule has 1 heteroatoms. The Morgan fingerprint density at radius 2 is 1.76 bits per heavy atom. The van der Waals surface area contributed by atoms with Crippen molar-refractivity contribution in [2.75, 3.05) is 0 Å². The molecule has 2 bridgehead atoms. The molecule has 90 valence electrons. The molecule has 17 heavy (non-hydrogen) atoms. The first kappa shape index (κ1) is 11.0. The topological polar surface area (TPSA) is 20.2 Å².